The van der Waals surface area contributed by atoms with Crippen molar-refractivity contribution in [3.8, 4) is 0 Å². The van der Waals surface area contributed by atoms with Gasteiger partial charge in [-0.3, -0.25) is 4.79 Å². The van der Waals surface area contributed by atoms with Crippen LogP contribution in [0.3, 0.4) is 0 Å². The molecule has 0 bridgehead atoms. The zero-order valence-electron chi connectivity index (χ0n) is 10.5. The molecule has 1 aromatic carbocycles. The van der Waals surface area contributed by atoms with Gasteiger partial charge >= 0.3 is 5.97 Å². The first-order valence-corrected chi connectivity index (χ1v) is 5.56. The monoisotopic (exact) mass is 237 g/mol. The Morgan fingerprint density at radius 3 is 2.65 bits per heavy atom. The minimum Gasteiger partial charge on any atom is -0.481 e. The van der Waals surface area contributed by atoms with Crippen molar-refractivity contribution in [1.29, 1.82) is 0 Å². The second-order valence-electron chi connectivity index (χ2n) is 4.40. The van der Waals surface area contributed by atoms with Crippen LogP contribution in [0.25, 0.3) is 0 Å². The first kappa shape index (κ1) is 13.5. The summed E-state index contributed by atoms with van der Waals surface area (Å²) >= 11 is 0. The van der Waals surface area contributed by atoms with E-state index in [0.29, 0.717) is 13.2 Å². The van der Waals surface area contributed by atoms with Gasteiger partial charge in [-0.2, -0.15) is 0 Å². The van der Waals surface area contributed by atoms with Crippen LogP contribution in [-0.2, 0) is 14.9 Å². The van der Waals surface area contributed by atoms with Gasteiger partial charge in [0, 0.05) is 19.3 Å². The van der Waals surface area contributed by atoms with Crippen molar-refractivity contribution in [1.82, 2.24) is 0 Å². The Hall–Kier alpha value is -1.55. The predicted octanol–water partition coefficient (Wildman–Crippen LogP) is 2.11. The number of carboxylic acid groups (broad SMARTS) is 1. The van der Waals surface area contributed by atoms with Crippen LogP contribution < -0.4 is 5.32 Å². The number of hydrogen-bond acceptors (Lipinski definition) is 3. The molecule has 0 atom stereocenters. The molecule has 0 radical (unpaired) electrons. The highest BCUT2D eigenvalue weighted by atomic mass is 16.5. The van der Waals surface area contributed by atoms with Crippen molar-refractivity contribution in [3.05, 3.63) is 29.8 Å². The fourth-order valence-electron chi connectivity index (χ4n) is 1.59. The molecule has 0 heterocycles. The number of nitrogens with one attached hydrogen (secondary N) is 1. The summed E-state index contributed by atoms with van der Waals surface area (Å²) in [6.45, 7) is 4.64. The second kappa shape index (κ2) is 5.68. The van der Waals surface area contributed by atoms with Crippen molar-refractivity contribution in [2.24, 2.45) is 0 Å². The smallest absolute Gasteiger partial charge is 0.313 e. The molecule has 4 heteroatoms. The van der Waals surface area contributed by atoms with Gasteiger partial charge < -0.3 is 15.2 Å². The number of benzene rings is 1. The predicted molar refractivity (Wildman–Crippen MR) is 67.5 cm³/mol. The zero-order chi connectivity index (χ0) is 12.9. The highest BCUT2D eigenvalue weighted by molar-refractivity contribution is 5.83. The number of anilines is 1. The summed E-state index contributed by atoms with van der Waals surface area (Å²) < 4.78 is 4.96. The Bertz CT molecular complexity index is 388. The summed E-state index contributed by atoms with van der Waals surface area (Å²) in [6.07, 6.45) is 0. The van der Waals surface area contributed by atoms with Gasteiger partial charge in [-0.1, -0.05) is 18.2 Å². The quantitative estimate of drug-likeness (QED) is 0.744. The molecule has 1 aromatic rings. The van der Waals surface area contributed by atoms with E-state index in [-0.39, 0.29) is 0 Å². The minimum absolute atomic E-state index is 0.585. The molecular formula is C13H19NO3. The van der Waals surface area contributed by atoms with Gasteiger partial charge in [0.2, 0.25) is 0 Å². The Labute approximate surface area is 102 Å². The number of rotatable bonds is 6. The lowest BCUT2D eigenvalue weighted by atomic mass is 9.83. The minimum atomic E-state index is -0.906. The molecule has 0 amide bonds. The van der Waals surface area contributed by atoms with E-state index in [2.05, 4.69) is 5.32 Å². The lowest BCUT2D eigenvalue weighted by molar-refractivity contribution is -0.142. The lowest BCUT2D eigenvalue weighted by Crippen LogP contribution is -2.29. The van der Waals surface area contributed by atoms with Crippen molar-refractivity contribution < 1.29 is 14.6 Å². The van der Waals surface area contributed by atoms with Gasteiger partial charge in [0.1, 0.15) is 0 Å². The lowest BCUT2D eigenvalue weighted by Gasteiger charge is -2.23. The topological polar surface area (TPSA) is 58.6 Å². The van der Waals surface area contributed by atoms with E-state index < -0.39 is 11.4 Å². The Kier molecular flexibility index (Phi) is 4.52. The van der Waals surface area contributed by atoms with E-state index in [0.717, 1.165) is 11.3 Å². The van der Waals surface area contributed by atoms with Crippen LogP contribution in [0.5, 0.6) is 0 Å². The zero-order valence-corrected chi connectivity index (χ0v) is 10.5. The fourth-order valence-corrected chi connectivity index (χ4v) is 1.59. The van der Waals surface area contributed by atoms with Crippen molar-refractivity contribution >= 4 is 11.7 Å². The van der Waals surface area contributed by atoms with Gasteiger partial charge in [0.25, 0.3) is 0 Å². The van der Waals surface area contributed by atoms with Crippen LogP contribution in [0, 0.1) is 0 Å². The summed E-state index contributed by atoms with van der Waals surface area (Å²) in [5.74, 6) is -0.835. The summed E-state index contributed by atoms with van der Waals surface area (Å²) in [7, 11) is 1.63. The molecule has 2 N–H and O–H groups in total. The molecule has 0 fully saturated rings. The normalized spacial score (nSPS) is 11.2. The van der Waals surface area contributed by atoms with Gasteiger partial charge in [0.05, 0.1) is 12.0 Å². The maximum atomic E-state index is 11.3. The summed E-state index contributed by atoms with van der Waals surface area (Å²) in [5.41, 5.74) is 0.719. The van der Waals surface area contributed by atoms with Crippen LogP contribution in [0.4, 0.5) is 5.69 Å². The van der Waals surface area contributed by atoms with Crippen molar-refractivity contribution in [2.75, 3.05) is 25.6 Å². The van der Waals surface area contributed by atoms with Gasteiger partial charge in [-0.15, -0.1) is 0 Å². The molecule has 0 saturated carbocycles. The third-order valence-corrected chi connectivity index (χ3v) is 2.76. The Morgan fingerprint density at radius 2 is 2.06 bits per heavy atom. The summed E-state index contributed by atoms with van der Waals surface area (Å²) in [6, 6.07) is 7.46. The molecule has 0 saturated heterocycles. The van der Waals surface area contributed by atoms with Crippen LogP contribution in [-0.4, -0.2) is 31.3 Å². The number of hydrogen-bond donors (Lipinski definition) is 2. The highest BCUT2D eigenvalue weighted by Crippen LogP contribution is 2.29. The molecule has 94 valence electrons. The molecule has 0 aliphatic rings. The van der Waals surface area contributed by atoms with E-state index >= 15 is 0 Å². The number of carboxylic acids is 1. The molecule has 1 rings (SSSR count). The average Bonchev–Trinajstić information content (AvgIpc) is 2.29. The van der Waals surface area contributed by atoms with Gasteiger partial charge in [0.15, 0.2) is 0 Å². The SMILES string of the molecule is COCCNc1ccccc1C(C)(C)C(=O)O. The second-order valence-corrected chi connectivity index (χ2v) is 4.40. The van der Waals surface area contributed by atoms with Crippen LogP contribution >= 0.6 is 0 Å². The van der Waals surface area contributed by atoms with Crippen LogP contribution in [0.15, 0.2) is 24.3 Å². The number of para-hydroxylation sites is 1. The first-order valence-electron chi connectivity index (χ1n) is 5.56. The van der Waals surface area contributed by atoms with Gasteiger partial charge in [-0.05, 0) is 25.5 Å². The van der Waals surface area contributed by atoms with E-state index in [1.165, 1.54) is 0 Å². The third kappa shape index (κ3) is 3.20. The largest absolute Gasteiger partial charge is 0.481 e. The molecule has 4 nitrogen and oxygen atoms in total. The number of ether oxygens (including phenoxy) is 1. The molecular weight excluding hydrogens is 218 g/mol. The fraction of sp³-hybridized carbons (Fsp3) is 0.462. The number of aliphatic carboxylic acids is 1. The summed E-state index contributed by atoms with van der Waals surface area (Å²) in [5, 5.41) is 12.4. The Morgan fingerprint density at radius 1 is 1.41 bits per heavy atom. The standard InChI is InChI=1S/C13H19NO3/c1-13(2,12(15)16)10-6-4-5-7-11(10)14-8-9-17-3/h4-7,14H,8-9H2,1-3H3,(H,15,16). The van der Waals surface area contributed by atoms with E-state index in [1.807, 2.05) is 24.3 Å². The molecule has 0 spiro atoms. The average molecular weight is 237 g/mol. The molecule has 0 aliphatic heterocycles. The van der Waals surface area contributed by atoms with E-state index in [9.17, 15) is 9.90 Å². The van der Waals surface area contributed by atoms with Crippen LogP contribution in [0.1, 0.15) is 19.4 Å². The van der Waals surface area contributed by atoms with Crippen molar-refractivity contribution in [3.63, 3.8) is 0 Å². The molecule has 0 aromatic heterocycles. The highest BCUT2D eigenvalue weighted by Gasteiger charge is 2.31. The first-order chi connectivity index (χ1) is 8.00. The third-order valence-electron chi connectivity index (χ3n) is 2.76. The van der Waals surface area contributed by atoms with E-state index in [1.54, 1.807) is 21.0 Å². The van der Waals surface area contributed by atoms with Gasteiger partial charge in [-0.25, -0.2) is 0 Å². The maximum absolute atomic E-state index is 11.3. The number of methoxy groups -OCH3 is 1. The summed E-state index contributed by atoms with van der Waals surface area (Å²) in [4.78, 5) is 11.3. The van der Waals surface area contributed by atoms with E-state index in [4.69, 9.17) is 4.74 Å². The molecule has 0 aliphatic carbocycles. The molecule has 17 heavy (non-hydrogen) atoms. The van der Waals surface area contributed by atoms with Crippen molar-refractivity contribution in [2.45, 2.75) is 19.3 Å². The maximum Gasteiger partial charge on any atom is 0.313 e. The van der Waals surface area contributed by atoms with Crippen LogP contribution in [0.2, 0.25) is 0 Å². The molecule has 0 unspecified atom stereocenters. The number of carbonyl (C=O) groups is 1. The Balaban J connectivity index is 2.95.